The van der Waals surface area contributed by atoms with Crippen LogP contribution in [0.4, 0.5) is 0 Å². The number of likely N-dealkylation sites (tertiary alicyclic amines) is 1. The Hall–Kier alpha value is -1.23. The molecular formula is C17H25BClN3O5S. The second-order valence-corrected chi connectivity index (χ2v) is 10.4. The number of halogens is 1. The second kappa shape index (κ2) is 7.55. The first-order chi connectivity index (χ1) is 13.0. The summed E-state index contributed by atoms with van der Waals surface area (Å²) in [5, 5.41) is -0.266. The summed E-state index contributed by atoms with van der Waals surface area (Å²) in [7, 11) is -4.40. The van der Waals surface area contributed by atoms with Gasteiger partial charge in [-0.25, -0.2) is 18.4 Å². The highest BCUT2D eigenvalue weighted by Crippen LogP contribution is 2.36. The van der Waals surface area contributed by atoms with Crippen LogP contribution in [-0.2, 0) is 23.9 Å². The predicted octanol–water partition coefficient (Wildman–Crippen LogP) is 0.779. The summed E-state index contributed by atoms with van der Waals surface area (Å²) < 4.78 is 37.3. The molecule has 2 fully saturated rings. The highest BCUT2D eigenvalue weighted by Gasteiger charge is 2.52. The van der Waals surface area contributed by atoms with Crippen LogP contribution in [0.2, 0.25) is 0 Å². The molecule has 3 heterocycles. The van der Waals surface area contributed by atoms with Crippen molar-refractivity contribution in [2.75, 3.05) is 18.2 Å². The number of amides is 1. The lowest BCUT2D eigenvalue weighted by atomic mass is 9.81. The van der Waals surface area contributed by atoms with Gasteiger partial charge in [-0.3, -0.25) is 4.79 Å². The van der Waals surface area contributed by atoms with Crippen molar-refractivity contribution in [3.63, 3.8) is 0 Å². The lowest BCUT2D eigenvalue weighted by Crippen LogP contribution is -2.41. The molecule has 1 aromatic rings. The van der Waals surface area contributed by atoms with E-state index in [0.717, 1.165) is 6.42 Å². The van der Waals surface area contributed by atoms with E-state index in [2.05, 4.69) is 9.97 Å². The van der Waals surface area contributed by atoms with Gasteiger partial charge in [-0.1, -0.05) is 0 Å². The Morgan fingerprint density at radius 3 is 2.36 bits per heavy atom. The van der Waals surface area contributed by atoms with Gasteiger partial charge in [0.1, 0.15) is 5.88 Å². The number of hydrogen-bond acceptors (Lipinski definition) is 7. The van der Waals surface area contributed by atoms with Gasteiger partial charge in [0.2, 0.25) is 20.9 Å². The first kappa shape index (κ1) is 21.5. The fourth-order valence-electron chi connectivity index (χ4n) is 3.33. The maximum Gasteiger partial charge on any atom is 0.498 e. The molecule has 0 N–H and O–H groups in total. The number of nitrogens with zero attached hydrogens (tertiary/aromatic N) is 3. The highest BCUT2D eigenvalue weighted by molar-refractivity contribution is 7.91. The van der Waals surface area contributed by atoms with E-state index in [0.29, 0.717) is 18.4 Å². The lowest BCUT2D eigenvalue weighted by molar-refractivity contribution is -0.128. The van der Waals surface area contributed by atoms with E-state index in [1.165, 1.54) is 17.3 Å². The fourth-order valence-corrected chi connectivity index (χ4v) is 4.91. The number of alkyl halides is 1. The third kappa shape index (κ3) is 4.05. The molecule has 2 saturated heterocycles. The van der Waals surface area contributed by atoms with Crippen molar-refractivity contribution in [2.45, 2.75) is 62.9 Å². The Morgan fingerprint density at radius 1 is 1.25 bits per heavy atom. The van der Waals surface area contributed by atoms with Crippen molar-refractivity contribution in [3.8, 4) is 0 Å². The molecule has 8 nitrogen and oxygen atoms in total. The van der Waals surface area contributed by atoms with Crippen molar-refractivity contribution < 1.29 is 22.5 Å². The summed E-state index contributed by atoms with van der Waals surface area (Å²) in [6.07, 6.45) is 4.20. The normalized spacial score (nSPS) is 24.0. The van der Waals surface area contributed by atoms with Crippen molar-refractivity contribution in [2.24, 2.45) is 0 Å². The smallest absolute Gasteiger partial charge is 0.399 e. The first-order valence-electron chi connectivity index (χ1n) is 9.22. The van der Waals surface area contributed by atoms with Gasteiger partial charge in [0.15, 0.2) is 0 Å². The van der Waals surface area contributed by atoms with Crippen molar-refractivity contribution in [1.29, 1.82) is 0 Å². The summed E-state index contributed by atoms with van der Waals surface area (Å²) in [4.78, 5) is 21.5. The second-order valence-electron chi connectivity index (χ2n) is 8.19. The molecule has 1 amide bonds. The molecule has 0 saturated carbocycles. The van der Waals surface area contributed by atoms with Crippen LogP contribution in [0.15, 0.2) is 17.6 Å². The van der Waals surface area contributed by atoms with Crippen LogP contribution in [-0.4, -0.2) is 71.7 Å². The van der Waals surface area contributed by atoms with Crippen LogP contribution in [0.3, 0.4) is 0 Å². The zero-order chi connectivity index (χ0) is 20.7. The zero-order valence-corrected chi connectivity index (χ0v) is 18.1. The van der Waals surface area contributed by atoms with Crippen molar-refractivity contribution in [3.05, 3.63) is 12.4 Å². The van der Waals surface area contributed by atoms with E-state index in [-0.39, 0.29) is 22.7 Å². The van der Waals surface area contributed by atoms with E-state index < -0.39 is 34.2 Å². The maximum absolute atomic E-state index is 12.7. The van der Waals surface area contributed by atoms with E-state index in [9.17, 15) is 13.2 Å². The largest absolute Gasteiger partial charge is 0.498 e. The monoisotopic (exact) mass is 429 g/mol. The summed E-state index contributed by atoms with van der Waals surface area (Å²) in [5.41, 5.74) is -0.468. The van der Waals surface area contributed by atoms with Crippen LogP contribution < -0.4 is 5.46 Å². The zero-order valence-electron chi connectivity index (χ0n) is 16.5. The molecular weight excluding hydrogens is 405 g/mol. The predicted molar refractivity (Wildman–Crippen MR) is 105 cm³/mol. The molecule has 2 aliphatic heterocycles. The van der Waals surface area contributed by atoms with Crippen LogP contribution in [0.5, 0.6) is 0 Å². The third-order valence-electron chi connectivity index (χ3n) is 5.68. The summed E-state index contributed by atoms with van der Waals surface area (Å²) >= 11 is 5.62. The number of aromatic nitrogens is 2. The minimum atomic E-state index is -3.75. The van der Waals surface area contributed by atoms with Crippen LogP contribution in [0.25, 0.3) is 0 Å². The van der Waals surface area contributed by atoms with E-state index >= 15 is 0 Å². The molecule has 154 valence electrons. The molecule has 1 unspecified atom stereocenters. The average Bonchev–Trinajstić information content (AvgIpc) is 3.15. The standard InChI is InChI=1S/C17H25BClN3O5S/c1-16(2)17(3,4)27-18(26-16)12-9-20-15(21-10-12)28(24,25)11-13-6-5-7-22(13)14(23)8-19/h9-10,13H,5-8,11H2,1-4H3. The van der Waals surface area contributed by atoms with Gasteiger partial charge >= 0.3 is 7.12 Å². The van der Waals surface area contributed by atoms with E-state index in [1.807, 2.05) is 27.7 Å². The van der Waals surface area contributed by atoms with Gasteiger partial charge in [-0.15, -0.1) is 11.6 Å². The van der Waals surface area contributed by atoms with Crippen molar-refractivity contribution >= 4 is 39.9 Å². The Morgan fingerprint density at radius 2 is 1.82 bits per heavy atom. The molecule has 2 aliphatic rings. The number of carbonyl (C=O) groups is 1. The molecule has 3 rings (SSSR count). The molecule has 0 radical (unpaired) electrons. The Kier molecular flexibility index (Phi) is 5.79. The topological polar surface area (TPSA) is 98.7 Å². The van der Waals surface area contributed by atoms with Crippen LogP contribution in [0, 0.1) is 0 Å². The fraction of sp³-hybridized carbons (Fsp3) is 0.706. The molecule has 0 spiro atoms. The number of rotatable bonds is 5. The molecule has 1 atom stereocenters. The van der Waals surface area contributed by atoms with Gasteiger partial charge in [0.25, 0.3) is 0 Å². The van der Waals surface area contributed by atoms with Gasteiger partial charge in [-0.2, -0.15) is 0 Å². The van der Waals surface area contributed by atoms with Gasteiger partial charge in [0, 0.05) is 30.4 Å². The molecule has 0 bridgehead atoms. The minimum Gasteiger partial charge on any atom is -0.399 e. The highest BCUT2D eigenvalue weighted by atomic mass is 35.5. The van der Waals surface area contributed by atoms with Crippen LogP contribution in [0.1, 0.15) is 40.5 Å². The number of hydrogen-bond donors (Lipinski definition) is 0. The molecule has 1 aromatic heterocycles. The Labute approximate surface area is 171 Å². The van der Waals surface area contributed by atoms with Crippen LogP contribution >= 0.6 is 11.6 Å². The third-order valence-corrected chi connectivity index (χ3v) is 7.49. The Balaban J connectivity index is 1.73. The van der Waals surface area contributed by atoms with Crippen molar-refractivity contribution in [1.82, 2.24) is 14.9 Å². The van der Waals surface area contributed by atoms with Gasteiger partial charge in [-0.05, 0) is 40.5 Å². The molecule has 0 aromatic carbocycles. The van der Waals surface area contributed by atoms with E-state index in [1.54, 1.807) is 0 Å². The minimum absolute atomic E-state index is 0.157. The molecule has 11 heteroatoms. The SMILES string of the molecule is CC1(C)OB(c2cnc(S(=O)(=O)CC3CCCN3C(=O)CCl)nc2)OC1(C)C. The number of sulfone groups is 1. The number of carbonyl (C=O) groups excluding carboxylic acids is 1. The Bertz CT molecular complexity index is 831. The van der Waals surface area contributed by atoms with Gasteiger partial charge in [0.05, 0.1) is 17.0 Å². The lowest BCUT2D eigenvalue weighted by Gasteiger charge is -2.32. The molecule has 28 heavy (non-hydrogen) atoms. The average molecular weight is 430 g/mol. The first-order valence-corrected chi connectivity index (χ1v) is 11.4. The van der Waals surface area contributed by atoms with Gasteiger partial charge < -0.3 is 14.2 Å². The quantitative estimate of drug-likeness (QED) is 0.387. The summed E-state index contributed by atoms with van der Waals surface area (Å²) in [5.74, 6) is -0.627. The summed E-state index contributed by atoms with van der Waals surface area (Å²) in [6.45, 7) is 8.25. The molecule has 0 aliphatic carbocycles. The van der Waals surface area contributed by atoms with E-state index in [4.69, 9.17) is 20.9 Å². The summed E-state index contributed by atoms with van der Waals surface area (Å²) in [6, 6.07) is -0.400. The maximum atomic E-state index is 12.7.